The highest BCUT2D eigenvalue weighted by atomic mass is 15.1. The average Bonchev–Trinajstić information content (AvgIpc) is 2.53. The van der Waals surface area contributed by atoms with Crippen molar-refractivity contribution in [3.63, 3.8) is 0 Å². The van der Waals surface area contributed by atoms with Crippen molar-refractivity contribution in [1.82, 2.24) is 10.2 Å². The van der Waals surface area contributed by atoms with Crippen molar-refractivity contribution in [2.75, 3.05) is 37.6 Å². The molecule has 1 rings (SSSR count). The van der Waals surface area contributed by atoms with Gasteiger partial charge in [0, 0.05) is 37.9 Å². The van der Waals surface area contributed by atoms with Crippen LogP contribution < -0.4 is 10.2 Å². The lowest BCUT2D eigenvalue weighted by Gasteiger charge is -2.24. The van der Waals surface area contributed by atoms with Gasteiger partial charge in [0.05, 0.1) is 0 Å². The summed E-state index contributed by atoms with van der Waals surface area (Å²) < 4.78 is 0. The Morgan fingerprint density at radius 2 is 1.48 bits per heavy atom. The van der Waals surface area contributed by atoms with Crippen LogP contribution in [0.3, 0.4) is 0 Å². The fourth-order valence-corrected chi connectivity index (χ4v) is 2.64. The zero-order chi connectivity index (χ0) is 15.7. The van der Waals surface area contributed by atoms with Crippen LogP contribution in [-0.2, 0) is 6.54 Å². The summed E-state index contributed by atoms with van der Waals surface area (Å²) in [6.45, 7) is 17.6. The van der Waals surface area contributed by atoms with Crippen LogP contribution >= 0.6 is 0 Å². The lowest BCUT2D eigenvalue weighted by molar-refractivity contribution is 0.270. The van der Waals surface area contributed by atoms with Crippen molar-refractivity contribution >= 4 is 5.69 Å². The number of nitrogens with zero attached hydrogens (tertiary/aromatic N) is 2. The molecule has 0 saturated heterocycles. The number of anilines is 1. The molecular formula is C18H33N3. The van der Waals surface area contributed by atoms with Gasteiger partial charge in [0.25, 0.3) is 0 Å². The maximum Gasteiger partial charge on any atom is 0.0366 e. The van der Waals surface area contributed by atoms with E-state index >= 15 is 0 Å². The third-order valence-electron chi connectivity index (χ3n) is 4.15. The Morgan fingerprint density at radius 1 is 0.905 bits per heavy atom. The van der Waals surface area contributed by atoms with Crippen molar-refractivity contribution < 1.29 is 0 Å². The van der Waals surface area contributed by atoms with Crippen LogP contribution in [0, 0.1) is 0 Å². The van der Waals surface area contributed by atoms with Crippen LogP contribution in [0.1, 0.15) is 40.2 Å². The second kappa shape index (κ2) is 9.80. The molecule has 0 heterocycles. The molecule has 1 N–H and O–H groups in total. The van der Waals surface area contributed by atoms with Gasteiger partial charge in [0.15, 0.2) is 0 Å². The van der Waals surface area contributed by atoms with E-state index in [4.69, 9.17) is 0 Å². The van der Waals surface area contributed by atoms with Crippen LogP contribution in [0.2, 0.25) is 0 Å². The molecule has 120 valence electrons. The highest BCUT2D eigenvalue weighted by molar-refractivity contribution is 5.47. The number of hydrogen-bond donors (Lipinski definition) is 1. The van der Waals surface area contributed by atoms with E-state index in [-0.39, 0.29) is 0 Å². The van der Waals surface area contributed by atoms with Gasteiger partial charge in [-0.1, -0.05) is 26.0 Å². The highest BCUT2D eigenvalue weighted by Gasteiger charge is 2.07. The molecule has 1 aromatic rings. The summed E-state index contributed by atoms with van der Waals surface area (Å²) >= 11 is 0. The Hall–Kier alpha value is -1.06. The highest BCUT2D eigenvalue weighted by Crippen LogP contribution is 2.14. The lowest BCUT2D eigenvalue weighted by atomic mass is 10.1. The Balaban J connectivity index is 2.45. The van der Waals surface area contributed by atoms with Crippen LogP contribution in [0.15, 0.2) is 24.3 Å². The van der Waals surface area contributed by atoms with Gasteiger partial charge in [-0.2, -0.15) is 0 Å². The third-order valence-corrected chi connectivity index (χ3v) is 4.15. The van der Waals surface area contributed by atoms with Gasteiger partial charge in [0.2, 0.25) is 0 Å². The van der Waals surface area contributed by atoms with Crippen molar-refractivity contribution in [2.45, 2.75) is 47.2 Å². The molecule has 0 fully saturated rings. The average molecular weight is 291 g/mol. The lowest BCUT2D eigenvalue weighted by Crippen LogP contribution is -2.38. The minimum atomic E-state index is 0.521. The SMILES string of the molecule is CCN(CC)CC(C)NCc1ccc(N(CC)CC)cc1. The smallest absolute Gasteiger partial charge is 0.0366 e. The largest absolute Gasteiger partial charge is 0.372 e. The molecule has 0 radical (unpaired) electrons. The molecule has 1 atom stereocenters. The van der Waals surface area contributed by atoms with Crippen LogP contribution in [0.4, 0.5) is 5.69 Å². The second-order valence-corrected chi connectivity index (χ2v) is 5.61. The van der Waals surface area contributed by atoms with E-state index in [9.17, 15) is 0 Å². The summed E-state index contributed by atoms with van der Waals surface area (Å²) in [5.74, 6) is 0. The molecule has 3 heteroatoms. The third kappa shape index (κ3) is 6.06. The minimum absolute atomic E-state index is 0.521. The summed E-state index contributed by atoms with van der Waals surface area (Å²) in [6.07, 6.45) is 0. The number of benzene rings is 1. The molecule has 21 heavy (non-hydrogen) atoms. The van der Waals surface area contributed by atoms with E-state index in [1.165, 1.54) is 11.3 Å². The Morgan fingerprint density at radius 3 is 1.95 bits per heavy atom. The molecule has 0 aliphatic carbocycles. The zero-order valence-electron chi connectivity index (χ0n) is 14.5. The molecule has 0 spiro atoms. The van der Waals surface area contributed by atoms with Gasteiger partial charge in [-0.3, -0.25) is 0 Å². The molecule has 0 saturated carbocycles. The quantitative estimate of drug-likeness (QED) is 0.713. The first-order chi connectivity index (χ1) is 10.1. The van der Waals surface area contributed by atoms with E-state index in [2.05, 4.69) is 74.0 Å². The van der Waals surface area contributed by atoms with E-state index in [1.54, 1.807) is 0 Å². The summed E-state index contributed by atoms with van der Waals surface area (Å²) in [5, 5.41) is 3.62. The minimum Gasteiger partial charge on any atom is -0.372 e. The Bertz CT molecular complexity index is 367. The standard InChI is InChI=1S/C18H33N3/c1-6-20(7-2)15-16(5)19-14-17-10-12-18(13-11-17)21(8-3)9-4/h10-13,16,19H,6-9,14-15H2,1-5H3. The Labute approximate surface area is 131 Å². The normalized spacial score (nSPS) is 12.7. The molecule has 3 nitrogen and oxygen atoms in total. The van der Waals surface area contributed by atoms with Crippen LogP contribution in [-0.4, -0.2) is 43.7 Å². The van der Waals surface area contributed by atoms with Crippen LogP contribution in [0.25, 0.3) is 0 Å². The summed E-state index contributed by atoms with van der Waals surface area (Å²) in [5.41, 5.74) is 2.68. The second-order valence-electron chi connectivity index (χ2n) is 5.61. The fraction of sp³-hybridized carbons (Fsp3) is 0.667. The molecule has 0 aliphatic heterocycles. The first-order valence-corrected chi connectivity index (χ1v) is 8.44. The molecule has 0 aromatic heterocycles. The van der Waals surface area contributed by atoms with Gasteiger partial charge >= 0.3 is 0 Å². The molecule has 1 aromatic carbocycles. The molecule has 1 unspecified atom stereocenters. The van der Waals surface area contributed by atoms with Gasteiger partial charge in [-0.05, 0) is 51.6 Å². The first-order valence-electron chi connectivity index (χ1n) is 8.44. The van der Waals surface area contributed by atoms with E-state index in [0.29, 0.717) is 6.04 Å². The topological polar surface area (TPSA) is 18.5 Å². The van der Waals surface area contributed by atoms with E-state index in [0.717, 1.165) is 39.3 Å². The number of hydrogen-bond acceptors (Lipinski definition) is 3. The fourth-order valence-electron chi connectivity index (χ4n) is 2.64. The van der Waals surface area contributed by atoms with Crippen molar-refractivity contribution in [3.05, 3.63) is 29.8 Å². The number of nitrogens with one attached hydrogen (secondary N) is 1. The van der Waals surface area contributed by atoms with Crippen molar-refractivity contribution in [3.8, 4) is 0 Å². The summed E-state index contributed by atoms with van der Waals surface area (Å²) in [6, 6.07) is 9.47. The predicted molar refractivity (Wildman–Crippen MR) is 94.1 cm³/mol. The van der Waals surface area contributed by atoms with E-state index in [1.807, 2.05) is 0 Å². The zero-order valence-corrected chi connectivity index (χ0v) is 14.5. The predicted octanol–water partition coefficient (Wildman–Crippen LogP) is 3.35. The monoisotopic (exact) mass is 291 g/mol. The maximum atomic E-state index is 3.62. The van der Waals surface area contributed by atoms with Crippen molar-refractivity contribution in [2.24, 2.45) is 0 Å². The first kappa shape index (κ1) is 18.0. The maximum absolute atomic E-state index is 3.62. The van der Waals surface area contributed by atoms with E-state index < -0.39 is 0 Å². The Kier molecular flexibility index (Phi) is 8.40. The number of rotatable bonds is 10. The summed E-state index contributed by atoms with van der Waals surface area (Å²) in [4.78, 5) is 4.83. The molecule has 0 amide bonds. The summed E-state index contributed by atoms with van der Waals surface area (Å²) in [7, 11) is 0. The van der Waals surface area contributed by atoms with Gasteiger partial charge in [-0.15, -0.1) is 0 Å². The van der Waals surface area contributed by atoms with Crippen molar-refractivity contribution in [1.29, 1.82) is 0 Å². The molecular weight excluding hydrogens is 258 g/mol. The molecule has 0 aliphatic rings. The van der Waals surface area contributed by atoms with Crippen LogP contribution in [0.5, 0.6) is 0 Å². The van der Waals surface area contributed by atoms with Gasteiger partial charge in [-0.25, -0.2) is 0 Å². The number of likely N-dealkylation sites (N-methyl/N-ethyl adjacent to an activating group) is 1. The van der Waals surface area contributed by atoms with Gasteiger partial charge < -0.3 is 15.1 Å². The van der Waals surface area contributed by atoms with Gasteiger partial charge in [0.1, 0.15) is 0 Å². The molecule has 0 bridgehead atoms.